The van der Waals surface area contributed by atoms with E-state index >= 15 is 0 Å². The maximum atomic E-state index is 13.0. The van der Waals surface area contributed by atoms with Gasteiger partial charge in [0.1, 0.15) is 11.4 Å². The number of hydrogen-bond donors (Lipinski definition) is 1. The number of halogens is 1. The molecule has 1 N–H and O–H groups in total. The predicted molar refractivity (Wildman–Crippen MR) is 116 cm³/mol. The van der Waals surface area contributed by atoms with Gasteiger partial charge >= 0.3 is 6.09 Å². The largest absolute Gasteiger partial charge is 0.464 e. The average molecular weight is 424 g/mol. The van der Waals surface area contributed by atoms with Crippen molar-refractivity contribution in [3.8, 4) is 0 Å². The Labute approximate surface area is 180 Å². The molecule has 2 heterocycles. The van der Waals surface area contributed by atoms with Crippen molar-refractivity contribution < 1.29 is 23.1 Å². The molecule has 0 spiro atoms. The Morgan fingerprint density at radius 1 is 1.10 bits per heavy atom. The molecule has 0 radical (unpaired) electrons. The van der Waals surface area contributed by atoms with Gasteiger partial charge in [0.05, 0.1) is 18.6 Å². The van der Waals surface area contributed by atoms with Crippen LogP contribution in [0.2, 0.25) is 0 Å². The Bertz CT molecular complexity index is 1040. The van der Waals surface area contributed by atoms with E-state index in [0.29, 0.717) is 23.4 Å². The average Bonchev–Trinajstić information content (AvgIpc) is 3.27. The summed E-state index contributed by atoms with van der Waals surface area (Å²) < 4.78 is 23.7. The number of piperidine rings is 1. The summed E-state index contributed by atoms with van der Waals surface area (Å²) in [6.45, 7) is 2.78. The summed E-state index contributed by atoms with van der Waals surface area (Å²) in [5.74, 6) is -0.262. The van der Waals surface area contributed by atoms with E-state index in [1.165, 1.54) is 12.1 Å². The number of Topliss-reactive ketones (excluding diaryl/α,β-unsaturated/α-hetero) is 1. The first-order valence-corrected chi connectivity index (χ1v) is 10.5. The van der Waals surface area contributed by atoms with Crippen molar-refractivity contribution in [3.05, 3.63) is 66.2 Å². The minimum absolute atomic E-state index is 0.0191. The van der Waals surface area contributed by atoms with Crippen molar-refractivity contribution in [3.63, 3.8) is 0 Å². The van der Waals surface area contributed by atoms with E-state index in [2.05, 4.69) is 10.2 Å². The highest BCUT2D eigenvalue weighted by Crippen LogP contribution is 2.24. The zero-order valence-corrected chi connectivity index (χ0v) is 17.2. The van der Waals surface area contributed by atoms with Gasteiger partial charge in [0.15, 0.2) is 5.78 Å². The first kappa shape index (κ1) is 21.1. The molecule has 6 nitrogen and oxygen atoms in total. The molecule has 2 aromatic carbocycles. The highest BCUT2D eigenvalue weighted by atomic mass is 19.1. The lowest BCUT2D eigenvalue weighted by Gasteiger charge is -2.31. The second-order valence-corrected chi connectivity index (χ2v) is 7.74. The van der Waals surface area contributed by atoms with E-state index < -0.39 is 6.09 Å². The third kappa shape index (κ3) is 5.30. The molecule has 3 aromatic rings. The number of likely N-dealkylation sites (tertiary alicyclic amines) is 1. The highest BCUT2D eigenvalue weighted by Gasteiger charge is 2.25. The van der Waals surface area contributed by atoms with Crippen LogP contribution >= 0.6 is 0 Å². The van der Waals surface area contributed by atoms with E-state index in [9.17, 15) is 14.0 Å². The van der Waals surface area contributed by atoms with Crippen molar-refractivity contribution in [1.29, 1.82) is 0 Å². The first-order chi connectivity index (χ1) is 15.1. The summed E-state index contributed by atoms with van der Waals surface area (Å²) in [7, 11) is 0. The molecule has 1 saturated heterocycles. The van der Waals surface area contributed by atoms with Gasteiger partial charge in [-0.1, -0.05) is 6.07 Å². The van der Waals surface area contributed by atoms with E-state index in [1.807, 2.05) is 12.1 Å². The maximum Gasteiger partial charge on any atom is 0.411 e. The zero-order chi connectivity index (χ0) is 21.6. The van der Waals surface area contributed by atoms with Crippen LogP contribution in [0.4, 0.5) is 14.9 Å². The maximum absolute atomic E-state index is 13.0. The van der Waals surface area contributed by atoms with Crippen molar-refractivity contribution in [2.45, 2.75) is 19.3 Å². The number of ether oxygens (including phenoxy) is 1. The summed E-state index contributed by atoms with van der Waals surface area (Å²) in [4.78, 5) is 26.9. The Morgan fingerprint density at radius 2 is 1.87 bits per heavy atom. The number of anilines is 1. The molecule has 0 saturated carbocycles. The predicted octanol–water partition coefficient (Wildman–Crippen LogP) is 5.11. The summed E-state index contributed by atoms with van der Waals surface area (Å²) in [6.07, 6.45) is 3.38. The van der Waals surface area contributed by atoms with Crippen LogP contribution in [0.15, 0.2) is 59.2 Å². The summed E-state index contributed by atoms with van der Waals surface area (Å²) in [5, 5.41) is 3.58. The molecule has 162 valence electrons. The quantitative estimate of drug-likeness (QED) is 0.422. The minimum Gasteiger partial charge on any atom is -0.464 e. The van der Waals surface area contributed by atoms with Gasteiger partial charge in [0, 0.05) is 23.4 Å². The molecule has 0 aliphatic carbocycles. The third-order valence-electron chi connectivity index (χ3n) is 5.67. The number of carbonyl (C=O) groups is 2. The lowest BCUT2D eigenvalue weighted by atomic mass is 9.89. The van der Waals surface area contributed by atoms with Crippen molar-refractivity contribution in [1.82, 2.24) is 4.90 Å². The summed E-state index contributed by atoms with van der Waals surface area (Å²) in [6, 6.07) is 13.0. The van der Waals surface area contributed by atoms with E-state index in [-0.39, 0.29) is 17.5 Å². The molecule has 1 fully saturated rings. The van der Waals surface area contributed by atoms with Crippen LogP contribution in [0.5, 0.6) is 0 Å². The van der Waals surface area contributed by atoms with Crippen LogP contribution in [0, 0.1) is 11.7 Å². The fourth-order valence-electron chi connectivity index (χ4n) is 3.97. The number of furan rings is 1. The molecule has 0 unspecified atom stereocenters. The Hall–Kier alpha value is -3.19. The summed E-state index contributed by atoms with van der Waals surface area (Å²) in [5.41, 5.74) is 1.94. The number of rotatable bonds is 7. The van der Waals surface area contributed by atoms with E-state index in [1.54, 1.807) is 30.5 Å². The van der Waals surface area contributed by atoms with Crippen LogP contribution in [0.3, 0.4) is 0 Å². The highest BCUT2D eigenvalue weighted by molar-refractivity contribution is 5.98. The first-order valence-electron chi connectivity index (χ1n) is 10.5. The SMILES string of the molecule is O=C(Nc1cccc2occc12)OCCCN1CCC(C(=O)c2ccc(F)cc2)CC1. The van der Waals surface area contributed by atoms with Gasteiger partial charge in [-0.2, -0.15) is 0 Å². The molecule has 0 bridgehead atoms. The zero-order valence-electron chi connectivity index (χ0n) is 17.2. The molecular weight excluding hydrogens is 399 g/mol. The molecule has 1 aliphatic heterocycles. The number of nitrogens with zero attached hydrogens (tertiary/aromatic N) is 1. The van der Waals surface area contributed by atoms with Crippen molar-refractivity contribution >= 4 is 28.5 Å². The standard InChI is InChI=1S/C24H25FN2O4/c25-19-7-5-17(6-8-19)23(28)18-9-13-27(14-10-18)12-2-15-31-24(29)26-21-3-1-4-22-20(21)11-16-30-22/h1,3-8,11,16,18H,2,9-10,12-15H2,(H,26,29). The normalized spacial score (nSPS) is 15.1. The number of fused-ring (bicyclic) bond motifs is 1. The molecule has 1 aromatic heterocycles. The minimum atomic E-state index is -0.489. The fourth-order valence-corrected chi connectivity index (χ4v) is 3.97. The van der Waals surface area contributed by atoms with Crippen molar-refractivity contribution in [2.75, 3.05) is 31.6 Å². The van der Waals surface area contributed by atoms with Crippen LogP contribution in [-0.2, 0) is 4.74 Å². The summed E-state index contributed by atoms with van der Waals surface area (Å²) >= 11 is 0. The monoisotopic (exact) mass is 424 g/mol. The molecule has 7 heteroatoms. The number of ketones is 1. The smallest absolute Gasteiger partial charge is 0.411 e. The number of amides is 1. The van der Waals surface area contributed by atoms with Gasteiger partial charge in [-0.3, -0.25) is 10.1 Å². The van der Waals surface area contributed by atoms with Gasteiger partial charge in [0.2, 0.25) is 0 Å². The van der Waals surface area contributed by atoms with Gasteiger partial charge in [-0.25, -0.2) is 9.18 Å². The second-order valence-electron chi connectivity index (χ2n) is 7.74. The topological polar surface area (TPSA) is 71.8 Å². The van der Waals surface area contributed by atoms with Crippen molar-refractivity contribution in [2.24, 2.45) is 5.92 Å². The second kappa shape index (κ2) is 9.75. The third-order valence-corrected chi connectivity index (χ3v) is 5.67. The fraction of sp³-hybridized carbons (Fsp3) is 0.333. The van der Waals surface area contributed by atoms with Gasteiger partial charge < -0.3 is 14.1 Å². The van der Waals surface area contributed by atoms with Gasteiger partial charge in [-0.05, 0) is 74.8 Å². The van der Waals surface area contributed by atoms with E-state index in [4.69, 9.17) is 9.15 Å². The Kier molecular flexibility index (Phi) is 6.62. The number of benzene rings is 2. The van der Waals surface area contributed by atoms with Crippen LogP contribution in [0.25, 0.3) is 11.0 Å². The van der Waals surface area contributed by atoms with Crippen LogP contribution in [-0.4, -0.2) is 43.0 Å². The van der Waals surface area contributed by atoms with Crippen LogP contribution in [0.1, 0.15) is 29.6 Å². The van der Waals surface area contributed by atoms with Crippen LogP contribution < -0.4 is 5.32 Å². The Morgan fingerprint density at radius 3 is 2.65 bits per heavy atom. The van der Waals surface area contributed by atoms with E-state index in [0.717, 1.165) is 44.3 Å². The molecular formula is C24H25FN2O4. The van der Waals surface area contributed by atoms with Gasteiger partial charge in [-0.15, -0.1) is 0 Å². The lowest BCUT2D eigenvalue weighted by molar-refractivity contribution is 0.0830. The molecule has 0 atom stereocenters. The lowest BCUT2D eigenvalue weighted by Crippen LogP contribution is -2.37. The Balaban J connectivity index is 1.15. The molecule has 1 aliphatic rings. The number of hydrogen-bond acceptors (Lipinski definition) is 5. The molecule has 31 heavy (non-hydrogen) atoms. The van der Waals surface area contributed by atoms with Gasteiger partial charge in [0.25, 0.3) is 0 Å². The number of nitrogens with one attached hydrogen (secondary N) is 1. The molecule has 1 amide bonds. The number of carbonyl (C=O) groups excluding carboxylic acids is 2. The molecule has 4 rings (SSSR count).